The molecule has 4 atom stereocenters. The number of primary amides is 1. The second kappa shape index (κ2) is 16.9. The molecule has 2 aromatic carbocycles. The fourth-order valence-corrected chi connectivity index (χ4v) is 4.82. The molecule has 47 heavy (non-hydrogen) atoms. The number of carbonyl (C=O) groups excluding carboxylic acids is 5. The highest BCUT2D eigenvalue weighted by Gasteiger charge is 2.40. The molecule has 0 aliphatic carbocycles. The van der Waals surface area contributed by atoms with Gasteiger partial charge in [0.1, 0.15) is 29.3 Å². The van der Waals surface area contributed by atoms with Crippen molar-refractivity contribution in [2.75, 3.05) is 0 Å². The highest BCUT2D eigenvalue weighted by molar-refractivity contribution is 5.94. The molecule has 11 heteroatoms. The summed E-state index contributed by atoms with van der Waals surface area (Å²) in [4.78, 5) is 68.4. The number of ether oxygens (including phenoxy) is 2. The lowest BCUT2D eigenvalue weighted by Gasteiger charge is -2.38. The smallest absolute Gasteiger partial charge is 0.408 e. The van der Waals surface area contributed by atoms with Crippen molar-refractivity contribution in [3.05, 3.63) is 71.3 Å². The van der Waals surface area contributed by atoms with Crippen LogP contribution in [-0.2, 0) is 35.1 Å². The first-order valence-electron chi connectivity index (χ1n) is 16.0. The number of benzene rings is 2. The van der Waals surface area contributed by atoms with Crippen LogP contribution in [0.2, 0.25) is 0 Å². The number of esters is 1. The Kier molecular flexibility index (Phi) is 14.0. The van der Waals surface area contributed by atoms with Gasteiger partial charge in [-0.1, -0.05) is 67.1 Å². The van der Waals surface area contributed by atoms with Crippen molar-refractivity contribution in [2.45, 2.75) is 123 Å². The Bertz CT molecular complexity index is 1360. The molecule has 0 saturated heterocycles. The molecule has 4 N–H and O–H groups in total. The van der Waals surface area contributed by atoms with Crippen molar-refractivity contribution in [3.8, 4) is 0 Å². The van der Waals surface area contributed by atoms with E-state index in [1.165, 1.54) is 4.90 Å². The number of hydrogen-bond donors (Lipinski definition) is 3. The maximum atomic E-state index is 14.5. The average Bonchev–Trinajstić information content (AvgIpc) is 2.96. The number of hydrogen-bond acceptors (Lipinski definition) is 7. The summed E-state index contributed by atoms with van der Waals surface area (Å²) in [6.45, 7) is 15.9. The van der Waals surface area contributed by atoms with Gasteiger partial charge in [-0.3, -0.25) is 14.4 Å². The van der Waals surface area contributed by atoms with Gasteiger partial charge in [0.2, 0.25) is 17.7 Å². The van der Waals surface area contributed by atoms with Crippen LogP contribution in [0.3, 0.4) is 0 Å². The first-order chi connectivity index (χ1) is 21.8. The molecule has 0 fully saturated rings. The molecule has 258 valence electrons. The maximum Gasteiger partial charge on any atom is 0.408 e. The Morgan fingerprint density at radius 3 is 1.91 bits per heavy atom. The minimum Gasteiger partial charge on any atom is -0.458 e. The SMILES string of the molecule is CCC(C)N(C(=O)C(CCC(N)=O)NC(=O)OC(C)(C)C)C(C(=O)NC(Cc1ccccc1)C(=O)OC(C)(C)C)c1ccc(C)cc1. The van der Waals surface area contributed by atoms with E-state index in [0.29, 0.717) is 12.0 Å². The number of aryl methyl sites for hydroxylation is 1. The number of nitrogens with one attached hydrogen (secondary N) is 2. The van der Waals surface area contributed by atoms with Crippen molar-refractivity contribution in [3.63, 3.8) is 0 Å². The summed E-state index contributed by atoms with van der Waals surface area (Å²) in [5.74, 6) is -2.49. The van der Waals surface area contributed by atoms with Gasteiger partial charge in [-0.15, -0.1) is 0 Å². The molecular weight excluding hydrogens is 600 g/mol. The number of nitrogens with zero attached hydrogens (tertiary/aromatic N) is 1. The maximum absolute atomic E-state index is 14.5. The summed E-state index contributed by atoms with van der Waals surface area (Å²) < 4.78 is 11.1. The lowest BCUT2D eigenvalue weighted by Crippen LogP contribution is -2.57. The topological polar surface area (TPSA) is 157 Å². The van der Waals surface area contributed by atoms with Crippen molar-refractivity contribution in [1.29, 1.82) is 0 Å². The van der Waals surface area contributed by atoms with Crippen LogP contribution in [0.4, 0.5) is 4.79 Å². The summed E-state index contributed by atoms with van der Waals surface area (Å²) in [6.07, 6.45) is -0.554. The highest BCUT2D eigenvalue weighted by atomic mass is 16.6. The zero-order chi connectivity index (χ0) is 35.5. The van der Waals surface area contributed by atoms with Gasteiger partial charge in [-0.05, 0) is 79.4 Å². The molecular formula is C36H52N4O7. The third-order valence-electron chi connectivity index (χ3n) is 7.20. The molecule has 0 saturated carbocycles. The van der Waals surface area contributed by atoms with E-state index < -0.39 is 65.2 Å². The molecule has 11 nitrogen and oxygen atoms in total. The van der Waals surface area contributed by atoms with Crippen LogP contribution in [0.1, 0.15) is 97.4 Å². The monoisotopic (exact) mass is 652 g/mol. The van der Waals surface area contributed by atoms with Gasteiger partial charge in [-0.25, -0.2) is 9.59 Å². The second-order valence-electron chi connectivity index (χ2n) is 13.8. The predicted octanol–water partition coefficient (Wildman–Crippen LogP) is 4.89. The Morgan fingerprint density at radius 2 is 1.40 bits per heavy atom. The van der Waals surface area contributed by atoms with Crippen LogP contribution in [0.15, 0.2) is 54.6 Å². The summed E-state index contributed by atoms with van der Waals surface area (Å²) in [5.41, 5.74) is 6.00. The fraction of sp³-hybridized carbons (Fsp3) is 0.528. The molecule has 0 aliphatic heterocycles. The molecule has 0 heterocycles. The molecule has 4 unspecified atom stereocenters. The molecule has 2 rings (SSSR count). The van der Waals surface area contributed by atoms with Crippen molar-refractivity contribution < 1.29 is 33.4 Å². The summed E-state index contributed by atoms with van der Waals surface area (Å²) >= 11 is 0. The van der Waals surface area contributed by atoms with Crippen molar-refractivity contribution in [1.82, 2.24) is 15.5 Å². The molecule has 0 aliphatic rings. The van der Waals surface area contributed by atoms with Crippen molar-refractivity contribution >= 4 is 29.8 Å². The first kappa shape index (κ1) is 38.8. The molecule has 0 spiro atoms. The van der Waals surface area contributed by atoms with Gasteiger partial charge in [0.15, 0.2) is 0 Å². The summed E-state index contributed by atoms with van der Waals surface area (Å²) in [6, 6.07) is 12.4. The molecule has 0 radical (unpaired) electrons. The molecule has 0 bridgehead atoms. The average molecular weight is 653 g/mol. The van der Waals surface area contributed by atoms with Crippen LogP contribution in [-0.4, -0.2) is 64.0 Å². The van der Waals surface area contributed by atoms with Crippen LogP contribution in [0.25, 0.3) is 0 Å². The summed E-state index contributed by atoms with van der Waals surface area (Å²) in [5, 5.41) is 5.48. The third-order valence-corrected chi connectivity index (χ3v) is 7.20. The standard InChI is InChI=1S/C36H52N4O7/c1-10-24(3)40(32(43)27(20-21-29(37)41)39-34(45)47-36(7,8)9)30(26-18-16-23(2)17-19-26)31(42)38-28(33(44)46-35(4,5)6)22-25-14-12-11-13-15-25/h11-19,24,27-28,30H,10,20-22H2,1-9H3,(H2,37,41)(H,38,42)(H,39,45). The summed E-state index contributed by atoms with van der Waals surface area (Å²) in [7, 11) is 0. The zero-order valence-corrected chi connectivity index (χ0v) is 29.2. The highest BCUT2D eigenvalue weighted by Crippen LogP contribution is 2.28. The van der Waals surface area contributed by atoms with E-state index >= 15 is 0 Å². The van der Waals surface area contributed by atoms with Crippen LogP contribution in [0, 0.1) is 6.92 Å². The minimum absolute atomic E-state index is 0.114. The number of alkyl carbamates (subject to hydrolysis) is 1. The predicted molar refractivity (Wildman–Crippen MR) is 180 cm³/mol. The van der Waals surface area contributed by atoms with Gasteiger partial charge in [0.25, 0.3) is 0 Å². The van der Waals surface area contributed by atoms with Crippen molar-refractivity contribution in [2.24, 2.45) is 5.73 Å². The van der Waals surface area contributed by atoms with E-state index in [4.69, 9.17) is 15.2 Å². The van der Waals surface area contributed by atoms with Crippen LogP contribution in [0.5, 0.6) is 0 Å². The Hall–Kier alpha value is -4.41. The molecule has 2 aromatic rings. The minimum atomic E-state index is -1.24. The quantitative estimate of drug-likeness (QED) is 0.245. The number of nitrogens with two attached hydrogens (primary N) is 1. The first-order valence-corrected chi connectivity index (χ1v) is 16.0. The Morgan fingerprint density at radius 1 is 0.830 bits per heavy atom. The van der Waals surface area contributed by atoms with Gasteiger partial charge in [0.05, 0.1) is 0 Å². The largest absolute Gasteiger partial charge is 0.458 e. The number of carbonyl (C=O) groups is 5. The van der Waals surface area contributed by atoms with E-state index in [2.05, 4.69) is 10.6 Å². The van der Waals surface area contributed by atoms with E-state index in [1.807, 2.05) is 56.3 Å². The van der Waals surface area contributed by atoms with E-state index in [1.54, 1.807) is 60.6 Å². The van der Waals surface area contributed by atoms with E-state index in [-0.39, 0.29) is 19.3 Å². The van der Waals surface area contributed by atoms with Crippen LogP contribution < -0.4 is 16.4 Å². The second-order valence-corrected chi connectivity index (χ2v) is 13.8. The molecule has 4 amide bonds. The normalized spacial score (nSPS) is 14.1. The lowest BCUT2D eigenvalue weighted by atomic mass is 9.97. The lowest BCUT2D eigenvalue weighted by molar-refractivity contribution is -0.159. The number of rotatable bonds is 14. The fourth-order valence-electron chi connectivity index (χ4n) is 4.82. The van der Waals surface area contributed by atoms with E-state index in [0.717, 1.165) is 11.1 Å². The van der Waals surface area contributed by atoms with Gasteiger partial charge < -0.3 is 30.7 Å². The van der Waals surface area contributed by atoms with Crippen LogP contribution >= 0.6 is 0 Å². The number of amides is 4. The van der Waals surface area contributed by atoms with Gasteiger partial charge in [-0.2, -0.15) is 0 Å². The van der Waals surface area contributed by atoms with Gasteiger partial charge >= 0.3 is 12.1 Å². The molecule has 0 aromatic heterocycles. The zero-order valence-electron chi connectivity index (χ0n) is 29.2. The van der Waals surface area contributed by atoms with Gasteiger partial charge in [0, 0.05) is 18.9 Å². The Labute approximate surface area is 278 Å². The van der Waals surface area contributed by atoms with E-state index in [9.17, 15) is 24.0 Å². The Balaban J connectivity index is 2.64. The third kappa shape index (κ3) is 13.1.